The Kier molecular flexibility index (Phi) is 5.06. The Bertz CT molecular complexity index is 1430. The molecule has 2 N–H and O–H groups in total. The molecule has 0 spiro atoms. The van der Waals surface area contributed by atoms with E-state index in [0.29, 0.717) is 38.8 Å². The zero-order valence-electron chi connectivity index (χ0n) is 15.6. The van der Waals surface area contributed by atoms with Crippen LogP contribution in [0.2, 0.25) is 5.02 Å². The molecule has 152 valence electrons. The monoisotopic (exact) mass is 465 g/mol. The molecule has 2 heterocycles. The van der Waals surface area contributed by atoms with Crippen molar-refractivity contribution >= 4 is 74.4 Å². The lowest BCUT2D eigenvalue weighted by Crippen LogP contribution is -2.34. The molecule has 1 amide bonds. The highest BCUT2D eigenvalue weighted by Gasteiger charge is 2.14. The summed E-state index contributed by atoms with van der Waals surface area (Å²) in [5, 5.41) is 6.28. The number of halogens is 1. The van der Waals surface area contributed by atoms with Gasteiger partial charge in [0.1, 0.15) is 16.6 Å². The zero-order chi connectivity index (χ0) is 21.4. The largest absolute Gasteiger partial charge is 0.436 e. The lowest BCUT2D eigenvalue weighted by molar-refractivity contribution is 0.0978. The van der Waals surface area contributed by atoms with Crippen LogP contribution < -0.4 is 10.6 Å². The molecule has 5 aromatic rings. The first-order chi connectivity index (χ1) is 15.1. The fourth-order valence-electron chi connectivity index (χ4n) is 3.02. The first kappa shape index (κ1) is 19.6. The number of nitrogens with zero attached hydrogens (tertiary/aromatic N) is 3. The second kappa shape index (κ2) is 8.03. The first-order valence-corrected chi connectivity index (χ1v) is 10.6. The van der Waals surface area contributed by atoms with Crippen LogP contribution in [-0.4, -0.2) is 24.8 Å². The van der Waals surface area contributed by atoms with Gasteiger partial charge in [0.25, 0.3) is 5.91 Å². The number of rotatable bonds is 3. The summed E-state index contributed by atoms with van der Waals surface area (Å²) in [6.07, 6.45) is 0. The van der Waals surface area contributed by atoms with Crippen molar-refractivity contribution in [2.75, 3.05) is 5.32 Å². The van der Waals surface area contributed by atoms with Gasteiger partial charge in [-0.1, -0.05) is 23.7 Å². The van der Waals surface area contributed by atoms with E-state index >= 15 is 0 Å². The van der Waals surface area contributed by atoms with E-state index in [-0.39, 0.29) is 11.0 Å². The maximum Gasteiger partial charge on any atom is 0.257 e. The predicted molar refractivity (Wildman–Crippen MR) is 126 cm³/mol. The molecule has 5 rings (SSSR count). The molecule has 0 aliphatic rings. The second-order valence-electron chi connectivity index (χ2n) is 6.56. The second-order valence-corrected chi connectivity index (χ2v) is 7.90. The van der Waals surface area contributed by atoms with Crippen LogP contribution in [0.4, 0.5) is 5.69 Å². The third kappa shape index (κ3) is 3.98. The number of oxazole rings is 1. The molecule has 10 heteroatoms. The molecule has 0 saturated carbocycles. The van der Waals surface area contributed by atoms with Crippen molar-refractivity contribution in [1.29, 1.82) is 0 Å². The number of amides is 1. The Hall–Kier alpha value is -3.40. The van der Waals surface area contributed by atoms with E-state index in [2.05, 4.69) is 24.4 Å². The van der Waals surface area contributed by atoms with Crippen molar-refractivity contribution < 1.29 is 9.21 Å². The average molecular weight is 466 g/mol. The van der Waals surface area contributed by atoms with E-state index in [0.717, 1.165) is 22.8 Å². The lowest BCUT2D eigenvalue weighted by atomic mass is 10.2. The van der Waals surface area contributed by atoms with Crippen molar-refractivity contribution in [1.82, 2.24) is 19.0 Å². The Morgan fingerprint density at radius 1 is 1.00 bits per heavy atom. The quantitative estimate of drug-likeness (QED) is 0.350. The van der Waals surface area contributed by atoms with Gasteiger partial charge in [0, 0.05) is 11.3 Å². The maximum absolute atomic E-state index is 12.5. The van der Waals surface area contributed by atoms with Crippen LogP contribution in [0.25, 0.3) is 33.6 Å². The summed E-state index contributed by atoms with van der Waals surface area (Å²) in [7, 11) is 0. The summed E-state index contributed by atoms with van der Waals surface area (Å²) in [6, 6.07) is 17.8. The minimum atomic E-state index is -0.347. The van der Waals surface area contributed by atoms with E-state index in [1.807, 2.05) is 24.3 Å². The molecule has 3 aromatic carbocycles. The van der Waals surface area contributed by atoms with E-state index in [4.69, 9.17) is 28.2 Å². The van der Waals surface area contributed by atoms with Gasteiger partial charge in [0.2, 0.25) is 5.89 Å². The molecule has 0 bridgehead atoms. The number of para-hydroxylation sites is 2. The number of hydrogen-bond donors (Lipinski definition) is 2. The minimum absolute atomic E-state index is 0.146. The molecule has 0 unspecified atom stereocenters. The van der Waals surface area contributed by atoms with Crippen LogP contribution in [0.1, 0.15) is 10.4 Å². The van der Waals surface area contributed by atoms with E-state index in [1.54, 1.807) is 36.4 Å². The normalized spacial score (nSPS) is 11.0. The van der Waals surface area contributed by atoms with E-state index in [9.17, 15) is 4.79 Å². The molecule has 31 heavy (non-hydrogen) atoms. The summed E-state index contributed by atoms with van der Waals surface area (Å²) in [5.41, 5.74) is 4.49. The van der Waals surface area contributed by atoms with Crippen LogP contribution in [0.15, 0.2) is 65.1 Å². The topological polar surface area (TPSA) is 92.9 Å². The highest BCUT2D eigenvalue weighted by atomic mass is 35.5. The number of thiocarbonyl (C=S) groups is 1. The van der Waals surface area contributed by atoms with Crippen molar-refractivity contribution in [2.45, 2.75) is 0 Å². The molecule has 2 aromatic heterocycles. The van der Waals surface area contributed by atoms with Crippen LogP contribution in [0.3, 0.4) is 0 Å². The summed E-state index contributed by atoms with van der Waals surface area (Å²) in [5.74, 6) is 0.0514. The van der Waals surface area contributed by atoms with Crippen molar-refractivity contribution in [3.05, 3.63) is 71.2 Å². The number of fused-ring (bicyclic) bond motifs is 2. The molecule has 7 nitrogen and oxygen atoms in total. The molecule has 0 aliphatic heterocycles. The molecular weight excluding hydrogens is 454 g/mol. The first-order valence-electron chi connectivity index (χ1n) is 9.07. The number of anilines is 1. The maximum atomic E-state index is 12.5. The standard InChI is InChI=1S/C21H12ClN5O2S2/c22-14-7-6-12(10-13(14)20-24-16-3-1-2-4-18(16)29-20)23-21(30)25-19(28)11-5-8-15-17(9-11)27-31-26-15/h1-10H,(H2,23,25,28,30). The number of benzene rings is 3. The number of aromatic nitrogens is 3. The van der Waals surface area contributed by atoms with Gasteiger partial charge in [-0.3, -0.25) is 10.1 Å². The molecule has 0 radical (unpaired) electrons. The molecule has 0 aliphatic carbocycles. The van der Waals surface area contributed by atoms with Gasteiger partial charge in [0.15, 0.2) is 10.7 Å². The lowest BCUT2D eigenvalue weighted by Gasteiger charge is -2.11. The predicted octanol–water partition coefficient (Wildman–Crippen LogP) is 5.28. The molecule has 0 saturated heterocycles. The summed E-state index contributed by atoms with van der Waals surface area (Å²) in [4.78, 5) is 17.0. The van der Waals surface area contributed by atoms with Gasteiger partial charge in [-0.2, -0.15) is 8.75 Å². The van der Waals surface area contributed by atoms with Crippen molar-refractivity contribution in [2.24, 2.45) is 0 Å². The fourth-order valence-corrected chi connectivity index (χ4v) is 3.94. The van der Waals surface area contributed by atoms with Gasteiger partial charge < -0.3 is 9.73 Å². The summed E-state index contributed by atoms with van der Waals surface area (Å²) in [6.45, 7) is 0. The van der Waals surface area contributed by atoms with E-state index < -0.39 is 0 Å². The Morgan fingerprint density at radius 2 is 1.84 bits per heavy atom. The van der Waals surface area contributed by atoms with Gasteiger partial charge >= 0.3 is 0 Å². The molecule has 0 atom stereocenters. The van der Waals surface area contributed by atoms with Gasteiger partial charge in [-0.05, 0) is 60.7 Å². The number of carbonyl (C=O) groups excluding carboxylic acids is 1. The number of carbonyl (C=O) groups is 1. The molecule has 0 fully saturated rings. The molecular formula is C21H12ClN5O2S2. The van der Waals surface area contributed by atoms with Crippen LogP contribution in [-0.2, 0) is 0 Å². The highest BCUT2D eigenvalue weighted by molar-refractivity contribution is 7.80. The average Bonchev–Trinajstić information content (AvgIpc) is 3.41. The Morgan fingerprint density at radius 3 is 2.71 bits per heavy atom. The zero-order valence-corrected chi connectivity index (χ0v) is 18.0. The Labute approximate surface area is 190 Å². The fraction of sp³-hybridized carbons (Fsp3) is 0. The summed E-state index contributed by atoms with van der Waals surface area (Å²) < 4.78 is 14.1. The number of nitrogens with one attached hydrogen (secondary N) is 2. The summed E-state index contributed by atoms with van der Waals surface area (Å²) >= 11 is 12.8. The van der Waals surface area contributed by atoms with Crippen molar-refractivity contribution in [3.8, 4) is 11.5 Å². The third-order valence-electron chi connectivity index (χ3n) is 4.49. The third-order valence-corrected chi connectivity index (χ3v) is 5.58. The van der Waals surface area contributed by atoms with Crippen LogP contribution in [0.5, 0.6) is 0 Å². The number of hydrogen-bond acceptors (Lipinski definition) is 7. The van der Waals surface area contributed by atoms with Gasteiger partial charge in [0.05, 0.1) is 22.3 Å². The van der Waals surface area contributed by atoms with Crippen LogP contribution >= 0.6 is 35.5 Å². The van der Waals surface area contributed by atoms with Gasteiger partial charge in [-0.25, -0.2) is 4.98 Å². The SMILES string of the molecule is O=C(NC(=S)Nc1ccc(Cl)c(-c2nc3ccccc3o2)c1)c1ccc2nsnc2c1. The Balaban J connectivity index is 1.34. The minimum Gasteiger partial charge on any atom is -0.436 e. The van der Waals surface area contributed by atoms with E-state index in [1.165, 1.54) is 0 Å². The van der Waals surface area contributed by atoms with Crippen LogP contribution in [0, 0.1) is 0 Å². The van der Waals surface area contributed by atoms with Gasteiger partial charge in [-0.15, -0.1) is 0 Å². The highest BCUT2D eigenvalue weighted by Crippen LogP contribution is 2.32. The smallest absolute Gasteiger partial charge is 0.257 e. The van der Waals surface area contributed by atoms with Crippen molar-refractivity contribution in [3.63, 3.8) is 0 Å².